The second-order valence-electron chi connectivity index (χ2n) is 3.98. The van der Waals surface area contributed by atoms with Crippen LogP contribution in [0, 0.1) is 0 Å². The third-order valence-corrected chi connectivity index (χ3v) is 3.99. The number of hydrogen-bond donors (Lipinski definition) is 3. The van der Waals surface area contributed by atoms with E-state index in [0.717, 1.165) is 0 Å². The molecular weight excluding hydrogens is 278 g/mol. The summed E-state index contributed by atoms with van der Waals surface area (Å²) in [6.07, 6.45) is 0. The Hall–Kier alpha value is -2.54. The smallest absolute Gasteiger partial charge is 0.261 e. The van der Waals surface area contributed by atoms with Crippen molar-refractivity contribution in [3.05, 3.63) is 60.2 Å². The minimum atomic E-state index is -3.66. The lowest BCUT2D eigenvalue weighted by Crippen LogP contribution is -2.15. The van der Waals surface area contributed by atoms with Crippen LogP contribution in [0.4, 0.5) is 5.69 Å². The molecule has 4 N–H and O–H groups in total. The molecule has 0 radical (unpaired) electrons. The number of rotatable bonds is 4. The highest BCUT2D eigenvalue weighted by molar-refractivity contribution is 7.92. The number of para-hydroxylation sites is 1. The van der Waals surface area contributed by atoms with Gasteiger partial charge in [0, 0.05) is 11.3 Å². The first kappa shape index (κ1) is 13.9. The van der Waals surface area contributed by atoms with Gasteiger partial charge in [-0.25, -0.2) is 8.42 Å². The van der Waals surface area contributed by atoms with Crippen LogP contribution in [0.1, 0.15) is 5.56 Å². The fourth-order valence-corrected chi connectivity index (χ4v) is 2.64. The monoisotopic (exact) mass is 291 g/mol. The normalized spacial score (nSPS) is 12.1. The van der Waals surface area contributed by atoms with Crippen LogP contribution in [0.25, 0.3) is 0 Å². The predicted octanol–water partition coefficient (Wildman–Crippen LogP) is 1.58. The molecule has 0 spiro atoms. The van der Waals surface area contributed by atoms with E-state index in [4.69, 9.17) is 10.9 Å². The van der Waals surface area contributed by atoms with Crippen molar-refractivity contribution in [3.8, 4) is 0 Å². The van der Waals surface area contributed by atoms with Crippen LogP contribution in [0.5, 0.6) is 0 Å². The van der Waals surface area contributed by atoms with Crippen LogP contribution in [-0.2, 0) is 10.0 Å². The van der Waals surface area contributed by atoms with Gasteiger partial charge >= 0.3 is 0 Å². The fraction of sp³-hybridized carbons (Fsp3) is 0. The third-order valence-electron chi connectivity index (χ3n) is 2.59. The molecule has 0 aromatic heterocycles. The maximum absolute atomic E-state index is 12.1. The van der Waals surface area contributed by atoms with Gasteiger partial charge in [-0.3, -0.25) is 4.72 Å². The van der Waals surface area contributed by atoms with E-state index in [2.05, 4.69) is 9.88 Å². The molecule has 0 amide bonds. The minimum Gasteiger partial charge on any atom is -0.409 e. The number of nitrogens with zero attached hydrogens (tertiary/aromatic N) is 1. The minimum absolute atomic E-state index is 0.0787. The van der Waals surface area contributed by atoms with Gasteiger partial charge in [-0.1, -0.05) is 23.4 Å². The Morgan fingerprint density at radius 2 is 1.65 bits per heavy atom. The molecule has 0 heterocycles. The molecule has 0 aliphatic heterocycles. The molecule has 6 nitrogen and oxygen atoms in total. The van der Waals surface area contributed by atoms with Crippen molar-refractivity contribution in [2.75, 3.05) is 4.72 Å². The van der Waals surface area contributed by atoms with E-state index in [1.54, 1.807) is 30.3 Å². The average molecular weight is 291 g/mol. The highest BCUT2D eigenvalue weighted by Crippen LogP contribution is 2.16. The van der Waals surface area contributed by atoms with E-state index in [9.17, 15) is 8.42 Å². The Labute approximate surface area is 116 Å². The molecule has 0 aliphatic carbocycles. The number of hydrogen-bond acceptors (Lipinski definition) is 4. The Kier molecular flexibility index (Phi) is 3.90. The topological polar surface area (TPSA) is 105 Å². The van der Waals surface area contributed by atoms with Gasteiger partial charge in [-0.15, -0.1) is 0 Å². The Bertz CT molecular complexity index is 710. The quantitative estimate of drug-likeness (QED) is 0.344. The van der Waals surface area contributed by atoms with Crippen LogP contribution >= 0.6 is 0 Å². The lowest BCUT2D eigenvalue weighted by molar-refractivity contribution is 0.318. The van der Waals surface area contributed by atoms with Gasteiger partial charge in [0.15, 0.2) is 5.84 Å². The van der Waals surface area contributed by atoms with Crippen molar-refractivity contribution >= 4 is 21.5 Å². The molecule has 0 aliphatic rings. The molecule has 0 atom stereocenters. The molecule has 2 aromatic carbocycles. The molecule has 2 rings (SSSR count). The van der Waals surface area contributed by atoms with Gasteiger partial charge in [-0.2, -0.15) is 0 Å². The number of benzene rings is 2. The summed E-state index contributed by atoms with van der Waals surface area (Å²) in [5.74, 6) is -0.0787. The summed E-state index contributed by atoms with van der Waals surface area (Å²) >= 11 is 0. The Morgan fingerprint density at radius 3 is 2.20 bits per heavy atom. The fourth-order valence-electron chi connectivity index (χ4n) is 1.58. The van der Waals surface area contributed by atoms with Gasteiger partial charge in [0.1, 0.15) is 0 Å². The maximum Gasteiger partial charge on any atom is 0.261 e. The molecule has 0 saturated heterocycles. The highest BCUT2D eigenvalue weighted by atomic mass is 32.2. The Morgan fingerprint density at radius 1 is 1.05 bits per heavy atom. The van der Waals surface area contributed by atoms with Crippen molar-refractivity contribution in [1.29, 1.82) is 0 Å². The number of oxime groups is 1. The van der Waals surface area contributed by atoms with Crippen LogP contribution in [-0.4, -0.2) is 19.5 Å². The SMILES string of the molecule is NC(=NO)c1ccc(S(=O)(=O)Nc2ccccc2)cc1. The molecular formula is C13H13N3O3S. The van der Waals surface area contributed by atoms with E-state index in [1.165, 1.54) is 24.3 Å². The van der Waals surface area contributed by atoms with Crippen molar-refractivity contribution in [3.63, 3.8) is 0 Å². The maximum atomic E-state index is 12.1. The summed E-state index contributed by atoms with van der Waals surface area (Å²) in [5, 5.41) is 11.4. The van der Waals surface area contributed by atoms with Gasteiger partial charge in [0.25, 0.3) is 10.0 Å². The van der Waals surface area contributed by atoms with Crippen molar-refractivity contribution in [2.45, 2.75) is 4.90 Å². The highest BCUT2D eigenvalue weighted by Gasteiger charge is 2.14. The molecule has 0 fully saturated rings. The molecule has 104 valence electrons. The van der Waals surface area contributed by atoms with E-state index >= 15 is 0 Å². The van der Waals surface area contributed by atoms with Crippen LogP contribution in [0.15, 0.2) is 64.6 Å². The zero-order valence-electron chi connectivity index (χ0n) is 10.4. The molecule has 0 unspecified atom stereocenters. The summed E-state index contributed by atoms with van der Waals surface area (Å²) in [6.45, 7) is 0. The summed E-state index contributed by atoms with van der Waals surface area (Å²) in [5.41, 5.74) is 6.33. The zero-order chi connectivity index (χ0) is 14.6. The zero-order valence-corrected chi connectivity index (χ0v) is 11.2. The number of sulfonamides is 1. The lowest BCUT2D eigenvalue weighted by Gasteiger charge is -2.08. The van der Waals surface area contributed by atoms with Crippen molar-refractivity contribution < 1.29 is 13.6 Å². The lowest BCUT2D eigenvalue weighted by atomic mass is 10.2. The van der Waals surface area contributed by atoms with Gasteiger partial charge in [0.2, 0.25) is 0 Å². The van der Waals surface area contributed by atoms with E-state index in [0.29, 0.717) is 11.3 Å². The molecule has 20 heavy (non-hydrogen) atoms. The number of amidine groups is 1. The van der Waals surface area contributed by atoms with Gasteiger partial charge < -0.3 is 10.9 Å². The van der Waals surface area contributed by atoms with Crippen molar-refractivity contribution in [1.82, 2.24) is 0 Å². The summed E-state index contributed by atoms with van der Waals surface area (Å²) in [6, 6.07) is 14.3. The predicted molar refractivity (Wildman–Crippen MR) is 76.2 cm³/mol. The first-order valence-corrected chi connectivity index (χ1v) is 7.17. The van der Waals surface area contributed by atoms with Gasteiger partial charge in [0.05, 0.1) is 4.90 Å². The van der Waals surface area contributed by atoms with Crippen LogP contribution < -0.4 is 10.5 Å². The summed E-state index contributed by atoms with van der Waals surface area (Å²) in [7, 11) is -3.66. The van der Waals surface area contributed by atoms with Crippen LogP contribution in [0.3, 0.4) is 0 Å². The van der Waals surface area contributed by atoms with Crippen molar-refractivity contribution in [2.24, 2.45) is 10.9 Å². The first-order chi connectivity index (χ1) is 9.53. The average Bonchev–Trinajstić information content (AvgIpc) is 2.47. The molecule has 0 bridgehead atoms. The van der Waals surface area contributed by atoms with E-state index in [-0.39, 0.29) is 10.7 Å². The number of nitrogens with one attached hydrogen (secondary N) is 1. The molecule has 2 aromatic rings. The van der Waals surface area contributed by atoms with E-state index in [1.807, 2.05) is 0 Å². The largest absolute Gasteiger partial charge is 0.409 e. The Balaban J connectivity index is 2.26. The number of nitrogens with two attached hydrogens (primary N) is 1. The third kappa shape index (κ3) is 3.07. The molecule has 7 heteroatoms. The molecule has 0 saturated carbocycles. The standard InChI is InChI=1S/C13H13N3O3S/c14-13(15-17)10-6-8-12(9-7-10)20(18,19)16-11-4-2-1-3-5-11/h1-9,16-17H,(H2,14,15). The summed E-state index contributed by atoms with van der Waals surface area (Å²) in [4.78, 5) is 0.0934. The second kappa shape index (κ2) is 5.62. The summed E-state index contributed by atoms with van der Waals surface area (Å²) < 4.78 is 26.7. The second-order valence-corrected chi connectivity index (χ2v) is 5.66. The van der Waals surface area contributed by atoms with Gasteiger partial charge in [-0.05, 0) is 36.4 Å². The van der Waals surface area contributed by atoms with Crippen LogP contribution in [0.2, 0.25) is 0 Å². The number of anilines is 1. The van der Waals surface area contributed by atoms with E-state index < -0.39 is 10.0 Å². The first-order valence-electron chi connectivity index (χ1n) is 5.69.